The summed E-state index contributed by atoms with van der Waals surface area (Å²) in [6, 6.07) is 25.7. The van der Waals surface area contributed by atoms with Crippen LogP contribution in [0.4, 0.5) is 5.69 Å². The summed E-state index contributed by atoms with van der Waals surface area (Å²) in [5, 5.41) is 3.82. The van der Waals surface area contributed by atoms with Crippen molar-refractivity contribution >= 4 is 28.5 Å². The van der Waals surface area contributed by atoms with Crippen LogP contribution in [0.5, 0.6) is 0 Å². The van der Waals surface area contributed by atoms with E-state index in [1.165, 1.54) is 0 Å². The van der Waals surface area contributed by atoms with E-state index in [1.54, 1.807) is 30.3 Å². The number of hydrogen-bond donors (Lipinski definition) is 1. The summed E-state index contributed by atoms with van der Waals surface area (Å²) in [4.78, 5) is 30.4. The minimum atomic E-state index is -1.11. The van der Waals surface area contributed by atoms with Gasteiger partial charge in [0.05, 0.1) is 5.52 Å². The summed E-state index contributed by atoms with van der Waals surface area (Å²) >= 11 is 0. The van der Waals surface area contributed by atoms with E-state index in [0.29, 0.717) is 16.8 Å². The highest BCUT2D eigenvalue weighted by Gasteiger charge is 2.26. The lowest BCUT2D eigenvalue weighted by Crippen LogP contribution is -2.26. The van der Waals surface area contributed by atoms with Gasteiger partial charge in [0.2, 0.25) is 6.10 Å². The molecule has 5 nitrogen and oxygen atoms in total. The fourth-order valence-corrected chi connectivity index (χ4v) is 3.32. The van der Waals surface area contributed by atoms with Gasteiger partial charge in [-0.2, -0.15) is 0 Å². The first kappa shape index (κ1) is 20.3. The van der Waals surface area contributed by atoms with Gasteiger partial charge in [0.15, 0.2) is 0 Å². The maximum Gasteiger partial charge on any atom is 0.358 e. The summed E-state index contributed by atoms with van der Waals surface area (Å²) in [6.45, 7) is 3.87. The number of rotatable bonds is 5. The van der Waals surface area contributed by atoms with E-state index in [-0.39, 0.29) is 5.69 Å². The molecule has 3 aromatic carbocycles. The van der Waals surface area contributed by atoms with E-state index in [0.717, 1.165) is 16.5 Å². The molecule has 4 rings (SSSR count). The molecule has 0 aliphatic heterocycles. The number of hydrogen-bond acceptors (Lipinski definition) is 4. The molecule has 0 fully saturated rings. The van der Waals surface area contributed by atoms with E-state index in [2.05, 4.69) is 10.3 Å². The van der Waals surface area contributed by atoms with E-state index >= 15 is 0 Å². The molecule has 0 bridgehead atoms. The Kier molecular flexibility index (Phi) is 5.76. The molecule has 4 aromatic rings. The van der Waals surface area contributed by atoms with Crippen LogP contribution in [0.25, 0.3) is 10.9 Å². The van der Waals surface area contributed by atoms with Crippen LogP contribution in [-0.4, -0.2) is 16.9 Å². The monoisotopic (exact) mass is 410 g/mol. The Balaban J connectivity index is 1.62. The van der Waals surface area contributed by atoms with E-state index < -0.39 is 18.0 Å². The van der Waals surface area contributed by atoms with Crippen molar-refractivity contribution in [2.75, 3.05) is 5.32 Å². The lowest BCUT2D eigenvalue weighted by atomic mass is 10.1. The topological polar surface area (TPSA) is 68.3 Å². The first-order valence-electron chi connectivity index (χ1n) is 10.0. The molecular weight excluding hydrogens is 388 g/mol. The van der Waals surface area contributed by atoms with Crippen molar-refractivity contribution in [1.29, 1.82) is 0 Å². The van der Waals surface area contributed by atoms with E-state index in [4.69, 9.17) is 4.74 Å². The number of esters is 1. The predicted octanol–water partition coefficient (Wildman–Crippen LogP) is 5.39. The number of carbonyl (C=O) groups excluding carboxylic acids is 2. The number of ether oxygens (including phenoxy) is 1. The predicted molar refractivity (Wildman–Crippen MR) is 121 cm³/mol. The summed E-state index contributed by atoms with van der Waals surface area (Å²) in [5.41, 5.74) is 4.06. The number of aromatic nitrogens is 1. The molecule has 154 valence electrons. The molecule has 1 unspecified atom stereocenters. The molecule has 1 atom stereocenters. The molecule has 1 amide bonds. The largest absolute Gasteiger partial charge is 0.443 e. The lowest BCUT2D eigenvalue weighted by molar-refractivity contribution is -0.125. The second-order valence-corrected chi connectivity index (χ2v) is 7.39. The maximum atomic E-state index is 13.1. The maximum absolute atomic E-state index is 13.1. The molecule has 0 aliphatic carbocycles. The van der Waals surface area contributed by atoms with Gasteiger partial charge in [-0.3, -0.25) is 4.79 Å². The van der Waals surface area contributed by atoms with Crippen molar-refractivity contribution in [3.63, 3.8) is 0 Å². The molecule has 1 aromatic heterocycles. The molecule has 31 heavy (non-hydrogen) atoms. The van der Waals surface area contributed by atoms with Gasteiger partial charge in [0.1, 0.15) is 5.69 Å². The molecule has 0 saturated heterocycles. The number of benzene rings is 3. The summed E-state index contributed by atoms with van der Waals surface area (Å²) in [5.74, 6) is -1.08. The zero-order chi connectivity index (χ0) is 21.8. The molecule has 0 spiro atoms. The quantitative estimate of drug-likeness (QED) is 0.448. The van der Waals surface area contributed by atoms with Gasteiger partial charge in [-0.1, -0.05) is 66.7 Å². The number of carbonyl (C=O) groups is 2. The van der Waals surface area contributed by atoms with Crippen molar-refractivity contribution in [1.82, 2.24) is 4.98 Å². The van der Waals surface area contributed by atoms with Gasteiger partial charge >= 0.3 is 5.97 Å². The normalized spacial score (nSPS) is 11.7. The van der Waals surface area contributed by atoms with Crippen LogP contribution < -0.4 is 5.32 Å². The van der Waals surface area contributed by atoms with Crippen molar-refractivity contribution in [2.24, 2.45) is 0 Å². The number of para-hydroxylation sites is 1. The van der Waals surface area contributed by atoms with Crippen LogP contribution in [-0.2, 0) is 9.53 Å². The smallest absolute Gasteiger partial charge is 0.358 e. The first-order chi connectivity index (χ1) is 15.0. The van der Waals surface area contributed by atoms with Crippen LogP contribution >= 0.6 is 0 Å². The van der Waals surface area contributed by atoms with Gasteiger partial charge in [-0.05, 0) is 43.2 Å². The van der Waals surface area contributed by atoms with Crippen molar-refractivity contribution < 1.29 is 14.3 Å². The highest BCUT2D eigenvalue weighted by Crippen LogP contribution is 2.24. The zero-order valence-corrected chi connectivity index (χ0v) is 17.3. The van der Waals surface area contributed by atoms with Gasteiger partial charge in [-0.15, -0.1) is 0 Å². The SMILES string of the molecule is Cc1ccc(C)c(NC(=O)C(OC(=O)c2ccc3ccccc3n2)c2ccccc2)c1. The molecule has 0 radical (unpaired) electrons. The van der Waals surface area contributed by atoms with Gasteiger partial charge in [-0.25, -0.2) is 9.78 Å². The number of aryl methyl sites for hydroxylation is 2. The average Bonchev–Trinajstić information content (AvgIpc) is 2.80. The van der Waals surface area contributed by atoms with Gasteiger partial charge in [0.25, 0.3) is 5.91 Å². The van der Waals surface area contributed by atoms with Gasteiger partial charge < -0.3 is 10.1 Å². The Hall–Kier alpha value is -3.99. The van der Waals surface area contributed by atoms with Crippen LogP contribution in [0.2, 0.25) is 0 Å². The third-order valence-electron chi connectivity index (χ3n) is 5.02. The highest BCUT2D eigenvalue weighted by molar-refractivity contribution is 5.98. The Bertz CT molecular complexity index is 1250. The number of fused-ring (bicyclic) bond motifs is 1. The third-order valence-corrected chi connectivity index (χ3v) is 5.02. The minimum absolute atomic E-state index is 0.152. The third kappa shape index (κ3) is 4.61. The molecule has 1 heterocycles. The van der Waals surface area contributed by atoms with Crippen molar-refractivity contribution in [3.8, 4) is 0 Å². The summed E-state index contributed by atoms with van der Waals surface area (Å²) < 4.78 is 5.66. The van der Waals surface area contributed by atoms with Crippen LogP contribution in [0.15, 0.2) is 84.9 Å². The fourth-order valence-electron chi connectivity index (χ4n) is 3.32. The average molecular weight is 410 g/mol. The number of nitrogens with one attached hydrogen (secondary N) is 1. The summed E-state index contributed by atoms with van der Waals surface area (Å²) in [6.07, 6.45) is -1.11. The lowest BCUT2D eigenvalue weighted by Gasteiger charge is -2.19. The number of nitrogens with zero attached hydrogens (tertiary/aromatic N) is 1. The molecular formula is C26H22N2O3. The second kappa shape index (κ2) is 8.79. The van der Waals surface area contributed by atoms with E-state index in [9.17, 15) is 9.59 Å². The standard InChI is InChI=1S/C26H22N2O3/c1-17-12-13-18(2)23(16-17)28-25(29)24(20-9-4-3-5-10-20)31-26(30)22-15-14-19-8-6-7-11-21(19)27-22/h3-16,24H,1-2H3,(H,28,29). The second-order valence-electron chi connectivity index (χ2n) is 7.39. The molecule has 0 saturated carbocycles. The minimum Gasteiger partial charge on any atom is -0.443 e. The van der Waals surface area contributed by atoms with Gasteiger partial charge in [0, 0.05) is 16.6 Å². The fraction of sp³-hybridized carbons (Fsp3) is 0.115. The Morgan fingerprint density at radius 1 is 0.871 bits per heavy atom. The van der Waals surface area contributed by atoms with Crippen LogP contribution in [0.3, 0.4) is 0 Å². The number of anilines is 1. The van der Waals surface area contributed by atoms with Crippen LogP contribution in [0, 0.1) is 13.8 Å². The van der Waals surface area contributed by atoms with Crippen LogP contribution in [0.1, 0.15) is 33.3 Å². The Morgan fingerprint density at radius 2 is 1.61 bits per heavy atom. The van der Waals surface area contributed by atoms with E-state index in [1.807, 2.05) is 68.4 Å². The molecule has 0 aliphatic rings. The Morgan fingerprint density at radius 3 is 2.42 bits per heavy atom. The highest BCUT2D eigenvalue weighted by atomic mass is 16.5. The molecule has 5 heteroatoms. The zero-order valence-electron chi connectivity index (χ0n) is 17.3. The van der Waals surface area contributed by atoms with Crippen molar-refractivity contribution in [3.05, 3.63) is 107 Å². The number of amides is 1. The Labute approximate surface area is 180 Å². The van der Waals surface area contributed by atoms with Crippen molar-refractivity contribution in [2.45, 2.75) is 20.0 Å². The molecule has 1 N–H and O–H groups in total. The summed E-state index contributed by atoms with van der Waals surface area (Å²) in [7, 11) is 0. The number of pyridine rings is 1. The first-order valence-corrected chi connectivity index (χ1v) is 10.0.